The van der Waals surface area contributed by atoms with Gasteiger partial charge in [-0.3, -0.25) is 20.1 Å². The Morgan fingerprint density at radius 3 is 2.57 bits per heavy atom. The van der Waals surface area contributed by atoms with Gasteiger partial charge in [-0.15, -0.1) is 10.2 Å². The van der Waals surface area contributed by atoms with Gasteiger partial charge in [-0.1, -0.05) is 48.4 Å². The number of methoxy groups -OCH3 is 1. The van der Waals surface area contributed by atoms with Crippen molar-refractivity contribution in [2.75, 3.05) is 12.4 Å². The molecule has 0 spiro atoms. The molecule has 1 N–H and O–H groups in total. The Hall–Kier alpha value is -3.87. The number of carbonyl (C=O) groups excluding carboxylic acids is 1. The number of rotatable bonds is 7. The number of pyridine rings is 2. The average Bonchev–Trinajstić information content (AvgIpc) is 3.32. The number of amides is 1. The maximum Gasteiger partial charge on any atom is 0.259 e. The molecule has 1 amide bonds. The molecule has 0 aliphatic rings. The second-order valence-corrected chi connectivity index (χ2v) is 9.64. The molecule has 3 aromatic heterocycles. The lowest BCUT2D eigenvalue weighted by atomic mass is 9.97. The number of aromatic nitrogens is 4. The molecule has 0 aliphatic heterocycles. The molecular weight excluding hydrogens is 508 g/mol. The molecule has 1 aromatic carbocycles. The number of halogens is 1. The number of nitrogens with zero attached hydrogens (tertiary/aromatic N) is 5. The summed E-state index contributed by atoms with van der Waals surface area (Å²) in [7, 11) is 1.50. The lowest BCUT2D eigenvalue weighted by Gasteiger charge is -2.14. The van der Waals surface area contributed by atoms with Crippen molar-refractivity contribution in [3.8, 4) is 22.9 Å². The first-order valence-corrected chi connectivity index (χ1v) is 12.8. The van der Waals surface area contributed by atoms with Crippen molar-refractivity contribution in [1.29, 1.82) is 5.26 Å². The molecule has 3 heterocycles. The molecule has 190 valence electrons. The summed E-state index contributed by atoms with van der Waals surface area (Å²) in [5.41, 5.74) is 3.91. The van der Waals surface area contributed by atoms with Crippen LogP contribution in [-0.2, 0) is 6.42 Å². The molecule has 0 saturated carbocycles. The summed E-state index contributed by atoms with van der Waals surface area (Å²) in [5.74, 6) is 0.0643. The fourth-order valence-corrected chi connectivity index (χ4v) is 4.14. The first-order chi connectivity index (χ1) is 17.9. The van der Waals surface area contributed by atoms with Gasteiger partial charge < -0.3 is 4.74 Å². The minimum Gasteiger partial charge on any atom is -0.495 e. The number of anilines is 1. The van der Waals surface area contributed by atoms with Gasteiger partial charge in [0.1, 0.15) is 16.8 Å². The molecule has 37 heavy (non-hydrogen) atoms. The van der Waals surface area contributed by atoms with Crippen LogP contribution in [0.15, 0.2) is 48.8 Å². The Bertz CT molecular complexity index is 1400. The van der Waals surface area contributed by atoms with E-state index in [0.717, 1.165) is 22.8 Å². The number of para-hydroxylation sites is 1. The Labute approximate surface area is 225 Å². The van der Waals surface area contributed by atoms with E-state index in [9.17, 15) is 10.1 Å². The Kier molecular flexibility index (Phi) is 10.1. The van der Waals surface area contributed by atoms with E-state index in [1.807, 2.05) is 26.0 Å². The molecule has 0 saturated heterocycles. The van der Waals surface area contributed by atoms with Crippen LogP contribution in [0.25, 0.3) is 11.1 Å². The third kappa shape index (κ3) is 7.56. The third-order valence-electron chi connectivity index (χ3n) is 5.24. The predicted octanol–water partition coefficient (Wildman–Crippen LogP) is 6.43. The number of carbonyl (C=O) groups is 1. The zero-order chi connectivity index (χ0) is 26.8. The van der Waals surface area contributed by atoms with Crippen LogP contribution in [0, 0.1) is 25.2 Å². The van der Waals surface area contributed by atoms with E-state index >= 15 is 0 Å². The van der Waals surface area contributed by atoms with Gasteiger partial charge in [-0.2, -0.15) is 5.26 Å². The first kappa shape index (κ1) is 27.7. The standard InChI is InChI=1S/C18H15N5O2S.C9H12ClN/c1-10-7-14(13-6-4-5-12(8-19)16(13)25-3)15(9-20-10)17(24)21-18-23-22-11(2)26-18;1-2-3-4-9-6-5-8(10)7-11-9/h4-7,9H,1-3H3,(H,21,23,24);5-7H,2-4H2,1H3. The molecule has 0 unspecified atom stereocenters. The van der Waals surface area contributed by atoms with Crippen molar-refractivity contribution in [1.82, 2.24) is 20.2 Å². The molecule has 0 aliphatic carbocycles. The zero-order valence-corrected chi connectivity index (χ0v) is 22.7. The van der Waals surface area contributed by atoms with Crippen LogP contribution in [0.1, 0.15) is 52.1 Å². The smallest absolute Gasteiger partial charge is 0.259 e. The quantitative estimate of drug-likeness (QED) is 0.290. The molecule has 0 radical (unpaired) electrons. The van der Waals surface area contributed by atoms with Gasteiger partial charge in [-0.05, 0) is 51.0 Å². The average molecular weight is 535 g/mol. The summed E-state index contributed by atoms with van der Waals surface area (Å²) in [6.45, 7) is 5.82. The number of nitrogens with one attached hydrogen (secondary N) is 1. The van der Waals surface area contributed by atoms with Crippen molar-refractivity contribution >= 4 is 34.0 Å². The van der Waals surface area contributed by atoms with Crippen molar-refractivity contribution in [3.63, 3.8) is 0 Å². The van der Waals surface area contributed by atoms with Crippen LogP contribution in [-0.4, -0.2) is 33.2 Å². The number of unbranched alkanes of at least 4 members (excludes halogenated alkanes) is 1. The third-order valence-corrected chi connectivity index (χ3v) is 6.21. The normalized spacial score (nSPS) is 10.2. The van der Waals surface area contributed by atoms with E-state index in [2.05, 4.69) is 38.5 Å². The van der Waals surface area contributed by atoms with Gasteiger partial charge in [-0.25, -0.2) is 0 Å². The van der Waals surface area contributed by atoms with Crippen LogP contribution in [0.4, 0.5) is 5.13 Å². The van der Waals surface area contributed by atoms with E-state index in [1.165, 1.54) is 37.5 Å². The number of ether oxygens (including phenoxy) is 1. The maximum absolute atomic E-state index is 12.8. The van der Waals surface area contributed by atoms with E-state index in [-0.39, 0.29) is 5.91 Å². The molecule has 10 heteroatoms. The van der Waals surface area contributed by atoms with Crippen molar-refractivity contribution in [2.24, 2.45) is 0 Å². The summed E-state index contributed by atoms with van der Waals surface area (Å²) in [6, 6.07) is 13.0. The second-order valence-electron chi connectivity index (χ2n) is 8.02. The first-order valence-electron chi connectivity index (χ1n) is 11.6. The summed E-state index contributed by atoms with van der Waals surface area (Å²) >= 11 is 6.97. The SMILES string of the molecule is CCCCc1ccc(Cl)cn1.COc1c(C#N)cccc1-c1cc(C)ncc1C(=O)Nc1nnc(C)s1. The number of nitriles is 1. The Morgan fingerprint density at radius 1 is 1.14 bits per heavy atom. The Balaban J connectivity index is 0.000000289. The van der Waals surface area contributed by atoms with Crippen molar-refractivity contribution in [3.05, 3.63) is 81.3 Å². The lowest BCUT2D eigenvalue weighted by Crippen LogP contribution is -2.14. The zero-order valence-electron chi connectivity index (χ0n) is 21.1. The van der Waals surface area contributed by atoms with E-state index in [4.69, 9.17) is 16.3 Å². The van der Waals surface area contributed by atoms with Gasteiger partial charge in [0.25, 0.3) is 5.91 Å². The molecule has 0 fully saturated rings. The van der Waals surface area contributed by atoms with Crippen molar-refractivity contribution in [2.45, 2.75) is 40.0 Å². The predicted molar refractivity (Wildman–Crippen MR) is 146 cm³/mol. The highest BCUT2D eigenvalue weighted by Crippen LogP contribution is 2.35. The minimum absolute atomic E-state index is 0.354. The fraction of sp³-hybridized carbons (Fsp3) is 0.259. The van der Waals surface area contributed by atoms with Gasteiger partial charge in [0.05, 0.1) is 23.3 Å². The summed E-state index contributed by atoms with van der Waals surface area (Å²) < 4.78 is 5.42. The van der Waals surface area contributed by atoms with Gasteiger partial charge in [0.15, 0.2) is 0 Å². The van der Waals surface area contributed by atoms with E-state index in [0.29, 0.717) is 38.2 Å². The number of hydrogen-bond acceptors (Lipinski definition) is 8. The maximum atomic E-state index is 12.8. The van der Waals surface area contributed by atoms with Crippen LogP contribution < -0.4 is 10.1 Å². The fourth-order valence-electron chi connectivity index (χ4n) is 3.44. The lowest BCUT2D eigenvalue weighted by molar-refractivity contribution is 0.102. The number of hydrogen-bond donors (Lipinski definition) is 1. The largest absolute Gasteiger partial charge is 0.495 e. The van der Waals surface area contributed by atoms with Gasteiger partial charge >= 0.3 is 0 Å². The minimum atomic E-state index is -0.354. The number of aryl methyl sites for hydroxylation is 3. The summed E-state index contributed by atoms with van der Waals surface area (Å²) in [4.78, 5) is 21.2. The molecule has 8 nitrogen and oxygen atoms in total. The van der Waals surface area contributed by atoms with Gasteiger partial charge in [0, 0.05) is 34.9 Å². The molecule has 0 atom stereocenters. The molecular formula is C27H27ClN6O2S. The number of benzene rings is 1. The van der Waals surface area contributed by atoms with Crippen LogP contribution in [0.2, 0.25) is 5.02 Å². The van der Waals surface area contributed by atoms with Crippen molar-refractivity contribution < 1.29 is 9.53 Å². The van der Waals surface area contributed by atoms with Crippen LogP contribution in [0.5, 0.6) is 5.75 Å². The van der Waals surface area contributed by atoms with Crippen LogP contribution >= 0.6 is 22.9 Å². The molecule has 0 bridgehead atoms. The topological polar surface area (TPSA) is 114 Å². The highest BCUT2D eigenvalue weighted by molar-refractivity contribution is 7.15. The van der Waals surface area contributed by atoms with Gasteiger partial charge in [0.2, 0.25) is 5.13 Å². The molecule has 4 rings (SSSR count). The summed E-state index contributed by atoms with van der Waals surface area (Å²) in [5, 5.41) is 21.7. The van der Waals surface area contributed by atoms with E-state index in [1.54, 1.807) is 30.5 Å². The second kappa shape index (κ2) is 13.4. The molecule has 4 aromatic rings. The van der Waals surface area contributed by atoms with E-state index < -0.39 is 0 Å². The van der Waals surface area contributed by atoms with Crippen LogP contribution in [0.3, 0.4) is 0 Å². The highest BCUT2D eigenvalue weighted by Gasteiger charge is 2.19. The Morgan fingerprint density at radius 2 is 1.95 bits per heavy atom. The monoisotopic (exact) mass is 534 g/mol. The highest BCUT2D eigenvalue weighted by atomic mass is 35.5. The summed E-state index contributed by atoms with van der Waals surface area (Å²) in [6.07, 6.45) is 6.69.